The summed E-state index contributed by atoms with van der Waals surface area (Å²) in [5, 5.41) is 10.2. The SMILES string of the molecule is CCCCc1cccc(C=Cc2ccccc2)c1O. The molecule has 0 amide bonds. The average molecular weight is 252 g/mol. The van der Waals surface area contributed by atoms with Crippen LogP contribution < -0.4 is 0 Å². The van der Waals surface area contributed by atoms with E-state index in [0.29, 0.717) is 5.75 Å². The third-order valence-electron chi connectivity index (χ3n) is 3.21. The Kier molecular flexibility index (Phi) is 4.79. The fourth-order valence-corrected chi connectivity index (χ4v) is 2.06. The van der Waals surface area contributed by atoms with E-state index in [1.807, 2.05) is 48.6 Å². The van der Waals surface area contributed by atoms with Crippen molar-refractivity contribution in [2.75, 3.05) is 0 Å². The van der Waals surface area contributed by atoms with Crippen LogP contribution in [0, 0.1) is 0 Å². The van der Waals surface area contributed by atoms with Crippen molar-refractivity contribution in [3.05, 3.63) is 65.2 Å². The molecule has 0 saturated heterocycles. The highest BCUT2D eigenvalue weighted by Gasteiger charge is 2.03. The van der Waals surface area contributed by atoms with Crippen LogP contribution in [0.25, 0.3) is 12.2 Å². The number of phenolic OH excluding ortho intramolecular Hbond substituents is 1. The van der Waals surface area contributed by atoms with E-state index in [0.717, 1.165) is 36.0 Å². The second-order valence-corrected chi connectivity index (χ2v) is 4.70. The molecule has 0 heterocycles. The minimum atomic E-state index is 0.420. The van der Waals surface area contributed by atoms with Crippen molar-refractivity contribution in [1.82, 2.24) is 0 Å². The summed E-state index contributed by atoms with van der Waals surface area (Å²) < 4.78 is 0. The molecule has 0 fully saturated rings. The molecule has 98 valence electrons. The average Bonchev–Trinajstić information content (AvgIpc) is 2.46. The maximum Gasteiger partial charge on any atom is 0.125 e. The molecule has 0 radical (unpaired) electrons. The van der Waals surface area contributed by atoms with Crippen LogP contribution in [0.1, 0.15) is 36.5 Å². The zero-order valence-corrected chi connectivity index (χ0v) is 11.3. The molecule has 0 bridgehead atoms. The lowest BCUT2D eigenvalue weighted by atomic mass is 10.0. The third-order valence-corrected chi connectivity index (χ3v) is 3.21. The van der Waals surface area contributed by atoms with Gasteiger partial charge in [-0.25, -0.2) is 0 Å². The Bertz CT molecular complexity index is 541. The van der Waals surface area contributed by atoms with Crippen LogP contribution in [0.2, 0.25) is 0 Å². The highest BCUT2D eigenvalue weighted by molar-refractivity contribution is 5.73. The third kappa shape index (κ3) is 3.72. The van der Waals surface area contributed by atoms with Gasteiger partial charge in [0.25, 0.3) is 0 Å². The van der Waals surface area contributed by atoms with Crippen molar-refractivity contribution >= 4 is 12.2 Å². The van der Waals surface area contributed by atoms with Gasteiger partial charge < -0.3 is 5.11 Å². The summed E-state index contributed by atoms with van der Waals surface area (Å²) in [7, 11) is 0. The molecule has 1 N–H and O–H groups in total. The number of aromatic hydroxyl groups is 1. The van der Waals surface area contributed by atoms with Crippen molar-refractivity contribution in [2.45, 2.75) is 26.2 Å². The summed E-state index contributed by atoms with van der Waals surface area (Å²) in [6.45, 7) is 2.16. The minimum Gasteiger partial charge on any atom is -0.507 e. The summed E-state index contributed by atoms with van der Waals surface area (Å²) in [5.41, 5.74) is 3.07. The standard InChI is InChI=1S/C18H20O/c1-2-3-10-16-11-7-12-17(18(16)19)14-13-15-8-5-4-6-9-15/h4-9,11-14,19H,2-3,10H2,1H3. The van der Waals surface area contributed by atoms with Crippen LogP contribution in [0.4, 0.5) is 0 Å². The first-order chi connectivity index (χ1) is 9.31. The van der Waals surface area contributed by atoms with Crippen molar-refractivity contribution in [2.24, 2.45) is 0 Å². The Balaban J connectivity index is 2.19. The van der Waals surface area contributed by atoms with Crippen LogP contribution >= 0.6 is 0 Å². The Labute approximate surface area is 115 Å². The van der Waals surface area contributed by atoms with Gasteiger partial charge in [0, 0.05) is 5.56 Å². The molecule has 19 heavy (non-hydrogen) atoms. The van der Waals surface area contributed by atoms with E-state index in [1.165, 1.54) is 0 Å². The summed E-state index contributed by atoms with van der Waals surface area (Å²) in [6.07, 6.45) is 7.19. The minimum absolute atomic E-state index is 0.420. The summed E-state index contributed by atoms with van der Waals surface area (Å²) in [5.74, 6) is 0.420. The summed E-state index contributed by atoms with van der Waals surface area (Å²) in [6, 6.07) is 16.1. The molecule has 0 saturated carbocycles. The highest BCUT2D eigenvalue weighted by atomic mass is 16.3. The van der Waals surface area contributed by atoms with E-state index in [-0.39, 0.29) is 0 Å². The number of rotatable bonds is 5. The van der Waals surface area contributed by atoms with E-state index >= 15 is 0 Å². The van der Waals surface area contributed by atoms with Gasteiger partial charge in [0.2, 0.25) is 0 Å². The number of hydrogen-bond donors (Lipinski definition) is 1. The Hall–Kier alpha value is -2.02. The molecule has 1 heteroatoms. The highest BCUT2D eigenvalue weighted by Crippen LogP contribution is 2.25. The number of hydrogen-bond acceptors (Lipinski definition) is 1. The number of phenols is 1. The van der Waals surface area contributed by atoms with Gasteiger partial charge in [-0.2, -0.15) is 0 Å². The van der Waals surface area contributed by atoms with Gasteiger partial charge in [0.05, 0.1) is 0 Å². The molecule has 1 nitrogen and oxygen atoms in total. The van der Waals surface area contributed by atoms with E-state index < -0.39 is 0 Å². The van der Waals surface area contributed by atoms with Gasteiger partial charge in [0.1, 0.15) is 5.75 Å². The van der Waals surface area contributed by atoms with Crippen LogP contribution in [0.15, 0.2) is 48.5 Å². The fraction of sp³-hybridized carbons (Fsp3) is 0.222. The summed E-state index contributed by atoms with van der Waals surface area (Å²) in [4.78, 5) is 0. The normalized spacial score (nSPS) is 11.0. The Morgan fingerprint density at radius 1 is 0.947 bits per heavy atom. The monoisotopic (exact) mass is 252 g/mol. The predicted octanol–water partition coefficient (Wildman–Crippen LogP) is 4.91. The van der Waals surface area contributed by atoms with Gasteiger partial charge in [0.15, 0.2) is 0 Å². The van der Waals surface area contributed by atoms with Crippen LogP contribution in [0.3, 0.4) is 0 Å². The molecule has 0 aliphatic rings. The molecular weight excluding hydrogens is 232 g/mol. The smallest absolute Gasteiger partial charge is 0.125 e. The first-order valence-electron chi connectivity index (χ1n) is 6.85. The first kappa shape index (κ1) is 13.4. The quantitative estimate of drug-likeness (QED) is 0.750. The molecule has 0 spiro atoms. The van der Waals surface area contributed by atoms with Gasteiger partial charge in [-0.3, -0.25) is 0 Å². The molecule has 0 aliphatic heterocycles. The van der Waals surface area contributed by atoms with Gasteiger partial charge in [-0.1, -0.05) is 74.0 Å². The van der Waals surface area contributed by atoms with Crippen molar-refractivity contribution in [1.29, 1.82) is 0 Å². The molecule has 2 aromatic carbocycles. The van der Waals surface area contributed by atoms with Gasteiger partial charge >= 0.3 is 0 Å². The number of para-hydroxylation sites is 1. The van der Waals surface area contributed by atoms with E-state index in [9.17, 15) is 5.11 Å². The van der Waals surface area contributed by atoms with E-state index in [4.69, 9.17) is 0 Å². The Morgan fingerprint density at radius 2 is 1.74 bits per heavy atom. The van der Waals surface area contributed by atoms with Crippen molar-refractivity contribution < 1.29 is 5.11 Å². The van der Waals surface area contributed by atoms with Crippen LogP contribution in [-0.4, -0.2) is 5.11 Å². The first-order valence-corrected chi connectivity index (χ1v) is 6.85. The zero-order chi connectivity index (χ0) is 13.5. The fourth-order valence-electron chi connectivity index (χ4n) is 2.06. The van der Waals surface area contributed by atoms with Crippen molar-refractivity contribution in [3.63, 3.8) is 0 Å². The summed E-state index contributed by atoms with van der Waals surface area (Å²) >= 11 is 0. The maximum atomic E-state index is 10.2. The largest absolute Gasteiger partial charge is 0.507 e. The van der Waals surface area contributed by atoms with Crippen LogP contribution in [-0.2, 0) is 6.42 Å². The van der Waals surface area contributed by atoms with E-state index in [2.05, 4.69) is 19.1 Å². The Morgan fingerprint density at radius 3 is 2.47 bits per heavy atom. The van der Waals surface area contributed by atoms with E-state index in [1.54, 1.807) is 0 Å². The number of aryl methyl sites for hydroxylation is 1. The molecule has 0 unspecified atom stereocenters. The lowest BCUT2D eigenvalue weighted by Crippen LogP contribution is -1.87. The molecule has 2 rings (SSSR count). The maximum absolute atomic E-state index is 10.2. The van der Waals surface area contributed by atoms with Crippen molar-refractivity contribution in [3.8, 4) is 5.75 Å². The molecule has 2 aromatic rings. The van der Waals surface area contributed by atoms with Gasteiger partial charge in [-0.15, -0.1) is 0 Å². The number of unbranched alkanes of at least 4 members (excludes halogenated alkanes) is 1. The lowest BCUT2D eigenvalue weighted by Gasteiger charge is -2.06. The molecule has 0 atom stereocenters. The second kappa shape index (κ2) is 6.79. The predicted molar refractivity (Wildman–Crippen MR) is 82.1 cm³/mol. The molecule has 0 aliphatic carbocycles. The van der Waals surface area contributed by atoms with Gasteiger partial charge in [-0.05, 0) is 24.0 Å². The van der Waals surface area contributed by atoms with Crippen LogP contribution in [0.5, 0.6) is 5.75 Å². The zero-order valence-electron chi connectivity index (χ0n) is 11.3. The topological polar surface area (TPSA) is 20.2 Å². The molecule has 0 aromatic heterocycles. The lowest BCUT2D eigenvalue weighted by molar-refractivity contribution is 0.465. The molecular formula is C18H20O. The number of benzene rings is 2. The second-order valence-electron chi connectivity index (χ2n) is 4.70.